The average Bonchev–Trinajstić information content (AvgIpc) is 2.40. The van der Waals surface area contributed by atoms with E-state index < -0.39 is 0 Å². The van der Waals surface area contributed by atoms with E-state index in [1.165, 1.54) is 38.5 Å². The summed E-state index contributed by atoms with van der Waals surface area (Å²) in [5.74, 6) is 2.75. The van der Waals surface area contributed by atoms with Crippen LogP contribution in [-0.4, -0.2) is 5.25 Å². The molecule has 0 aromatic heterocycles. The van der Waals surface area contributed by atoms with Crippen molar-refractivity contribution >= 4 is 11.8 Å². The summed E-state index contributed by atoms with van der Waals surface area (Å²) in [6.07, 6.45) is 15.2. The third kappa shape index (κ3) is 3.91. The second kappa shape index (κ2) is 6.84. The molecule has 0 bridgehead atoms. The molecule has 0 aromatic rings. The summed E-state index contributed by atoms with van der Waals surface area (Å²) < 4.78 is 0. The molecule has 0 aliphatic heterocycles. The van der Waals surface area contributed by atoms with Crippen molar-refractivity contribution in [3.63, 3.8) is 0 Å². The lowest BCUT2D eigenvalue weighted by atomic mass is 9.76. The molecule has 102 valence electrons. The third-order valence-electron chi connectivity index (χ3n) is 4.81. The van der Waals surface area contributed by atoms with Crippen LogP contribution in [0.3, 0.4) is 0 Å². The van der Waals surface area contributed by atoms with Crippen molar-refractivity contribution in [1.29, 1.82) is 0 Å². The fraction of sp³-hybridized carbons (Fsp3) is 0.765. The minimum atomic E-state index is 0.852. The maximum atomic E-state index is 2.46. The van der Waals surface area contributed by atoms with Crippen molar-refractivity contribution in [2.45, 2.75) is 64.5 Å². The van der Waals surface area contributed by atoms with Gasteiger partial charge in [-0.15, -0.1) is 11.8 Å². The maximum absolute atomic E-state index is 2.46. The number of allylic oxidation sites excluding steroid dienone is 4. The predicted octanol–water partition coefficient (Wildman–Crippen LogP) is 5.80. The molecule has 0 aromatic carbocycles. The molecule has 0 N–H and O–H groups in total. The molecule has 1 fully saturated rings. The summed E-state index contributed by atoms with van der Waals surface area (Å²) in [4.78, 5) is 1.62. The Morgan fingerprint density at radius 3 is 2.39 bits per heavy atom. The quantitative estimate of drug-likeness (QED) is 0.618. The summed E-state index contributed by atoms with van der Waals surface area (Å²) >= 11 is 2.17. The Bertz CT molecular complexity index is 306. The van der Waals surface area contributed by atoms with E-state index in [-0.39, 0.29) is 0 Å². The Kier molecular flexibility index (Phi) is 5.41. The Balaban J connectivity index is 1.76. The van der Waals surface area contributed by atoms with E-state index in [4.69, 9.17) is 0 Å². The normalized spacial score (nSPS) is 30.3. The largest absolute Gasteiger partial charge is 0.127 e. The van der Waals surface area contributed by atoms with Gasteiger partial charge >= 0.3 is 0 Å². The molecule has 0 nitrogen and oxygen atoms in total. The molecule has 18 heavy (non-hydrogen) atoms. The SMILES string of the molecule is CC(C)[C@H](C)C1CCC(SC2=CC=CCC2)CC1. The van der Waals surface area contributed by atoms with Crippen LogP contribution < -0.4 is 0 Å². The molecule has 0 unspecified atom stereocenters. The molecular weight excluding hydrogens is 236 g/mol. The number of hydrogen-bond donors (Lipinski definition) is 0. The Hall–Kier alpha value is -0.170. The Labute approximate surface area is 117 Å². The molecule has 2 aliphatic rings. The summed E-state index contributed by atoms with van der Waals surface area (Å²) in [6.45, 7) is 7.21. The van der Waals surface area contributed by atoms with Gasteiger partial charge in [0, 0.05) is 5.25 Å². The highest BCUT2D eigenvalue weighted by Gasteiger charge is 2.27. The summed E-state index contributed by atoms with van der Waals surface area (Å²) in [7, 11) is 0. The first-order chi connectivity index (χ1) is 8.66. The molecule has 0 heterocycles. The number of rotatable bonds is 4. The van der Waals surface area contributed by atoms with Gasteiger partial charge in [-0.1, -0.05) is 39.0 Å². The highest BCUT2D eigenvalue weighted by molar-refractivity contribution is 8.03. The molecule has 1 heteroatoms. The molecule has 1 atom stereocenters. The zero-order valence-electron chi connectivity index (χ0n) is 12.2. The minimum absolute atomic E-state index is 0.852. The molecule has 0 spiro atoms. The topological polar surface area (TPSA) is 0 Å². The Morgan fingerprint density at radius 2 is 1.83 bits per heavy atom. The van der Waals surface area contributed by atoms with Gasteiger partial charge < -0.3 is 0 Å². The maximum Gasteiger partial charge on any atom is 0.00914 e. The first kappa shape index (κ1) is 14.2. The zero-order chi connectivity index (χ0) is 13.0. The van der Waals surface area contributed by atoms with Crippen molar-refractivity contribution in [2.24, 2.45) is 17.8 Å². The summed E-state index contributed by atoms with van der Waals surface area (Å²) in [5.41, 5.74) is 0. The first-order valence-corrected chi connectivity index (χ1v) is 8.57. The van der Waals surface area contributed by atoms with Gasteiger partial charge in [0.05, 0.1) is 0 Å². The highest BCUT2D eigenvalue weighted by Crippen LogP contribution is 2.41. The zero-order valence-corrected chi connectivity index (χ0v) is 13.0. The van der Waals surface area contributed by atoms with Gasteiger partial charge in [-0.05, 0) is 61.2 Å². The smallest absolute Gasteiger partial charge is 0.00914 e. The monoisotopic (exact) mass is 264 g/mol. The van der Waals surface area contributed by atoms with Crippen molar-refractivity contribution < 1.29 is 0 Å². The van der Waals surface area contributed by atoms with Crippen LogP contribution in [0.2, 0.25) is 0 Å². The lowest BCUT2D eigenvalue weighted by Gasteiger charge is -2.34. The van der Waals surface area contributed by atoms with Crippen molar-refractivity contribution in [3.05, 3.63) is 23.1 Å². The molecule has 0 saturated heterocycles. The van der Waals surface area contributed by atoms with Gasteiger partial charge in [-0.3, -0.25) is 0 Å². The van der Waals surface area contributed by atoms with Crippen molar-refractivity contribution in [3.8, 4) is 0 Å². The third-order valence-corrected chi connectivity index (χ3v) is 6.26. The molecule has 1 saturated carbocycles. The van der Waals surface area contributed by atoms with Crippen molar-refractivity contribution in [2.75, 3.05) is 0 Å². The Morgan fingerprint density at radius 1 is 1.11 bits per heavy atom. The van der Waals surface area contributed by atoms with E-state index in [2.05, 4.69) is 50.8 Å². The van der Waals surface area contributed by atoms with Crippen LogP contribution in [0.5, 0.6) is 0 Å². The predicted molar refractivity (Wildman–Crippen MR) is 83.8 cm³/mol. The van der Waals surface area contributed by atoms with E-state index >= 15 is 0 Å². The fourth-order valence-corrected chi connectivity index (χ4v) is 4.50. The lowest BCUT2D eigenvalue weighted by molar-refractivity contribution is 0.216. The average molecular weight is 264 g/mol. The van der Waals surface area contributed by atoms with E-state index in [1.54, 1.807) is 4.91 Å². The molecule has 2 rings (SSSR count). The lowest BCUT2D eigenvalue weighted by Crippen LogP contribution is -2.24. The summed E-state index contributed by atoms with van der Waals surface area (Å²) in [5, 5.41) is 0.901. The minimum Gasteiger partial charge on any atom is -0.127 e. The van der Waals surface area contributed by atoms with Crippen LogP contribution >= 0.6 is 11.8 Å². The van der Waals surface area contributed by atoms with Crippen LogP contribution in [0.4, 0.5) is 0 Å². The van der Waals surface area contributed by atoms with Gasteiger partial charge in [-0.2, -0.15) is 0 Å². The summed E-state index contributed by atoms with van der Waals surface area (Å²) in [6, 6.07) is 0. The second-order valence-corrected chi connectivity index (χ2v) is 7.78. The van der Waals surface area contributed by atoms with E-state index in [9.17, 15) is 0 Å². The van der Waals surface area contributed by atoms with Crippen LogP contribution in [0.15, 0.2) is 23.1 Å². The highest BCUT2D eigenvalue weighted by atomic mass is 32.2. The number of hydrogen-bond acceptors (Lipinski definition) is 1. The van der Waals surface area contributed by atoms with Gasteiger partial charge in [0.15, 0.2) is 0 Å². The van der Waals surface area contributed by atoms with E-state index in [0.29, 0.717) is 0 Å². The molecular formula is C17H28S. The van der Waals surface area contributed by atoms with Gasteiger partial charge in [0.1, 0.15) is 0 Å². The fourth-order valence-electron chi connectivity index (χ4n) is 3.17. The molecule has 0 amide bonds. The van der Waals surface area contributed by atoms with Crippen molar-refractivity contribution in [1.82, 2.24) is 0 Å². The van der Waals surface area contributed by atoms with Crippen LogP contribution in [0, 0.1) is 17.8 Å². The van der Waals surface area contributed by atoms with E-state index in [1.807, 2.05) is 0 Å². The van der Waals surface area contributed by atoms with Gasteiger partial charge in [-0.25, -0.2) is 0 Å². The molecule has 0 radical (unpaired) electrons. The van der Waals surface area contributed by atoms with Gasteiger partial charge in [0.2, 0.25) is 0 Å². The van der Waals surface area contributed by atoms with Crippen LogP contribution in [0.1, 0.15) is 59.3 Å². The standard InChI is InChI=1S/C17H28S/c1-13(2)14(3)15-9-11-17(12-10-15)18-16-7-5-4-6-8-16/h4-5,7,13-15,17H,6,8-12H2,1-3H3/t14-,15?,17?/m0/s1. The van der Waals surface area contributed by atoms with Crippen LogP contribution in [-0.2, 0) is 0 Å². The van der Waals surface area contributed by atoms with Crippen LogP contribution in [0.25, 0.3) is 0 Å². The van der Waals surface area contributed by atoms with Gasteiger partial charge in [0.25, 0.3) is 0 Å². The second-order valence-electron chi connectivity index (χ2n) is 6.36. The van der Waals surface area contributed by atoms with E-state index in [0.717, 1.165) is 23.0 Å². The first-order valence-electron chi connectivity index (χ1n) is 7.69. The number of thioether (sulfide) groups is 1. The molecule has 2 aliphatic carbocycles.